The minimum atomic E-state index is -3.33. The molecule has 2 aromatic rings. The predicted octanol–water partition coefficient (Wildman–Crippen LogP) is 2.41. The summed E-state index contributed by atoms with van der Waals surface area (Å²) in [4.78, 5) is 12.0. The molecule has 110 valence electrons. The first-order chi connectivity index (χ1) is 9.84. The van der Waals surface area contributed by atoms with E-state index in [0.29, 0.717) is 11.3 Å². The van der Waals surface area contributed by atoms with Gasteiger partial charge in [-0.3, -0.25) is 4.79 Å². The van der Waals surface area contributed by atoms with E-state index in [-0.39, 0.29) is 17.2 Å². The third-order valence-corrected chi connectivity index (χ3v) is 3.91. The average molecular weight is 307 g/mol. The van der Waals surface area contributed by atoms with Crippen molar-refractivity contribution in [1.82, 2.24) is 0 Å². The third-order valence-electron chi connectivity index (χ3n) is 2.80. The van der Waals surface area contributed by atoms with Crippen molar-refractivity contribution in [2.45, 2.75) is 11.3 Å². The van der Waals surface area contributed by atoms with Crippen molar-refractivity contribution in [2.75, 3.05) is 11.6 Å². The molecule has 2 rings (SSSR count). The number of hydrogen-bond donors (Lipinski definition) is 1. The van der Waals surface area contributed by atoms with Crippen LogP contribution >= 0.6 is 0 Å². The molecule has 1 N–H and O–H groups in total. The summed E-state index contributed by atoms with van der Waals surface area (Å²) in [5, 5.41) is 2.60. The molecule has 0 aliphatic rings. The van der Waals surface area contributed by atoms with Crippen molar-refractivity contribution in [3.63, 3.8) is 0 Å². The molecule has 0 radical (unpaired) electrons. The van der Waals surface area contributed by atoms with Crippen molar-refractivity contribution in [2.24, 2.45) is 0 Å². The average Bonchev–Trinajstić information content (AvgIpc) is 2.37. The summed E-state index contributed by atoms with van der Waals surface area (Å²) in [6.45, 7) is 0. The normalized spacial score (nSPS) is 11.1. The molecule has 0 unspecified atom stereocenters. The van der Waals surface area contributed by atoms with Gasteiger partial charge in [0.1, 0.15) is 5.82 Å². The van der Waals surface area contributed by atoms with Gasteiger partial charge in [0.25, 0.3) is 0 Å². The summed E-state index contributed by atoms with van der Waals surface area (Å²) in [6, 6.07) is 11.8. The lowest BCUT2D eigenvalue weighted by atomic mass is 10.1. The first-order valence-electron chi connectivity index (χ1n) is 6.19. The highest BCUT2D eigenvalue weighted by Gasteiger charge is 2.09. The standard InChI is InChI=1S/C15H14FNO3S/c1-21(19,20)14-7-3-6-13(10-14)17-15(18)9-11-4-2-5-12(16)8-11/h2-8,10H,9H2,1H3,(H,17,18). The summed E-state index contributed by atoms with van der Waals surface area (Å²) in [5.41, 5.74) is 0.936. The summed E-state index contributed by atoms with van der Waals surface area (Å²) in [7, 11) is -3.33. The van der Waals surface area contributed by atoms with Gasteiger partial charge < -0.3 is 5.32 Å². The van der Waals surface area contributed by atoms with E-state index in [1.807, 2.05) is 0 Å². The largest absolute Gasteiger partial charge is 0.326 e. The molecule has 0 fully saturated rings. The molecule has 1 amide bonds. The van der Waals surface area contributed by atoms with Crippen LogP contribution < -0.4 is 5.32 Å². The Kier molecular flexibility index (Phi) is 4.37. The Morgan fingerprint density at radius 1 is 1.14 bits per heavy atom. The Balaban J connectivity index is 2.10. The first kappa shape index (κ1) is 15.2. The zero-order chi connectivity index (χ0) is 15.5. The molecule has 0 saturated carbocycles. The molecule has 0 spiro atoms. The number of carbonyl (C=O) groups excluding carboxylic acids is 1. The predicted molar refractivity (Wildman–Crippen MR) is 78.3 cm³/mol. The number of benzene rings is 2. The molecule has 0 aliphatic heterocycles. The van der Waals surface area contributed by atoms with Crippen molar-refractivity contribution >= 4 is 21.4 Å². The Hall–Kier alpha value is -2.21. The molecule has 0 atom stereocenters. The molecular weight excluding hydrogens is 293 g/mol. The number of hydrogen-bond acceptors (Lipinski definition) is 3. The van der Waals surface area contributed by atoms with E-state index in [9.17, 15) is 17.6 Å². The molecule has 2 aromatic carbocycles. The molecule has 0 bridgehead atoms. The lowest BCUT2D eigenvalue weighted by molar-refractivity contribution is -0.115. The highest BCUT2D eigenvalue weighted by molar-refractivity contribution is 7.90. The van der Waals surface area contributed by atoms with Crippen molar-refractivity contribution in [1.29, 1.82) is 0 Å². The fraction of sp³-hybridized carbons (Fsp3) is 0.133. The van der Waals surface area contributed by atoms with Gasteiger partial charge in [0.2, 0.25) is 5.91 Å². The summed E-state index contributed by atoms with van der Waals surface area (Å²) >= 11 is 0. The summed E-state index contributed by atoms with van der Waals surface area (Å²) in [6.07, 6.45) is 1.11. The molecule has 0 aromatic heterocycles. The summed E-state index contributed by atoms with van der Waals surface area (Å²) < 4.78 is 35.9. The van der Waals surface area contributed by atoms with Crippen LogP contribution in [0.4, 0.5) is 10.1 Å². The van der Waals surface area contributed by atoms with E-state index < -0.39 is 15.7 Å². The fourth-order valence-electron chi connectivity index (χ4n) is 1.84. The molecule has 0 aliphatic carbocycles. The zero-order valence-electron chi connectivity index (χ0n) is 11.3. The van der Waals surface area contributed by atoms with Gasteiger partial charge in [-0.2, -0.15) is 0 Å². The molecular formula is C15H14FNO3S. The maximum Gasteiger partial charge on any atom is 0.228 e. The van der Waals surface area contributed by atoms with Crippen molar-refractivity contribution in [3.05, 3.63) is 59.9 Å². The monoisotopic (exact) mass is 307 g/mol. The second kappa shape index (κ2) is 6.05. The number of nitrogens with one attached hydrogen (secondary N) is 1. The highest BCUT2D eigenvalue weighted by atomic mass is 32.2. The Morgan fingerprint density at radius 3 is 2.52 bits per heavy atom. The van der Waals surface area contributed by atoms with Gasteiger partial charge in [0.15, 0.2) is 9.84 Å². The quantitative estimate of drug-likeness (QED) is 0.943. The van der Waals surface area contributed by atoms with E-state index >= 15 is 0 Å². The third kappa shape index (κ3) is 4.39. The highest BCUT2D eigenvalue weighted by Crippen LogP contribution is 2.15. The first-order valence-corrected chi connectivity index (χ1v) is 8.08. The van der Waals surface area contributed by atoms with Crippen LogP contribution in [0.1, 0.15) is 5.56 Å². The Bertz CT molecular complexity index is 772. The van der Waals surface area contributed by atoms with Crippen LogP contribution in [0.5, 0.6) is 0 Å². The minimum Gasteiger partial charge on any atom is -0.326 e. The number of carbonyl (C=O) groups is 1. The van der Waals surface area contributed by atoms with Gasteiger partial charge in [-0.25, -0.2) is 12.8 Å². The van der Waals surface area contributed by atoms with Gasteiger partial charge >= 0.3 is 0 Å². The second-order valence-electron chi connectivity index (χ2n) is 4.65. The van der Waals surface area contributed by atoms with E-state index in [2.05, 4.69) is 5.32 Å². The second-order valence-corrected chi connectivity index (χ2v) is 6.67. The number of anilines is 1. The SMILES string of the molecule is CS(=O)(=O)c1cccc(NC(=O)Cc2cccc(F)c2)c1. The van der Waals surface area contributed by atoms with Crippen LogP contribution in [0.2, 0.25) is 0 Å². The summed E-state index contributed by atoms with van der Waals surface area (Å²) in [5.74, 6) is -0.745. The van der Waals surface area contributed by atoms with Crippen molar-refractivity contribution in [3.8, 4) is 0 Å². The topological polar surface area (TPSA) is 63.2 Å². The maximum absolute atomic E-state index is 13.0. The van der Waals surface area contributed by atoms with Crippen LogP contribution in [0, 0.1) is 5.82 Å². The maximum atomic E-state index is 13.0. The lowest BCUT2D eigenvalue weighted by Crippen LogP contribution is -2.14. The molecule has 4 nitrogen and oxygen atoms in total. The van der Waals surface area contributed by atoms with Crippen LogP contribution in [-0.4, -0.2) is 20.6 Å². The Morgan fingerprint density at radius 2 is 1.86 bits per heavy atom. The van der Waals surface area contributed by atoms with Crippen molar-refractivity contribution < 1.29 is 17.6 Å². The van der Waals surface area contributed by atoms with E-state index in [1.54, 1.807) is 18.2 Å². The lowest BCUT2D eigenvalue weighted by Gasteiger charge is -2.07. The number of amides is 1. The van der Waals surface area contributed by atoms with Crippen LogP contribution in [0.15, 0.2) is 53.4 Å². The molecule has 0 saturated heterocycles. The van der Waals surface area contributed by atoms with Gasteiger partial charge in [-0.05, 0) is 35.9 Å². The number of halogens is 1. The smallest absolute Gasteiger partial charge is 0.228 e. The van der Waals surface area contributed by atoms with E-state index in [1.165, 1.54) is 30.3 Å². The van der Waals surface area contributed by atoms with Gasteiger partial charge in [0.05, 0.1) is 11.3 Å². The van der Waals surface area contributed by atoms with Crippen LogP contribution in [0.25, 0.3) is 0 Å². The molecule has 6 heteroatoms. The van der Waals surface area contributed by atoms with Crippen LogP contribution in [-0.2, 0) is 21.1 Å². The fourth-order valence-corrected chi connectivity index (χ4v) is 2.51. The van der Waals surface area contributed by atoms with Crippen LogP contribution in [0.3, 0.4) is 0 Å². The van der Waals surface area contributed by atoms with Gasteiger partial charge in [0, 0.05) is 11.9 Å². The molecule has 21 heavy (non-hydrogen) atoms. The van der Waals surface area contributed by atoms with Gasteiger partial charge in [-0.15, -0.1) is 0 Å². The molecule has 0 heterocycles. The zero-order valence-corrected chi connectivity index (χ0v) is 12.2. The van der Waals surface area contributed by atoms with E-state index in [0.717, 1.165) is 6.26 Å². The van der Waals surface area contributed by atoms with Gasteiger partial charge in [-0.1, -0.05) is 18.2 Å². The number of sulfone groups is 1. The minimum absolute atomic E-state index is 0.0147. The van der Waals surface area contributed by atoms with E-state index in [4.69, 9.17) is 0 Å². The Labute approximate surface area is 122 Å². The number of rotatable bonds is 4.